The number of likely N-dealkylation sites (tertiary alicyclic amines) is 1. The number of hydrogen-bond acceptors (Lipinski definition) is 5. The zero-order chi connectivity index (χ0) is 17.3. The summed E-state index contributed by atoms with van der Waals surface area (Å²) in [5, 5.41) is -0.428. The predicted octanol–water partition coefficient (Wildman–Crippen LogP) is 0.389. The molecule has 0 bridgehead atoms. The van der Waals surface area contributed by atoms with Crippen LogP contribution >= 0.6 is 0 Å². The highest BCUT2D eigenvalue weighted by molar-refractivity contribution is 7.92. The van der Waals surface area contributed by atoms with Crippen LogP contribution in [0.3, 0.4) is 0 Å². The molecule has 0 spiro atoms. The van der Waals surface area contributed by atoms with E-state index >= 15 is 0 Å². The van der Waals surface area contributed by atoms with Crippen molar-refractivity contribution in [2.24, 2.45) is 5.92 Å². The first-order valence-corrected chi connectivity index (χ1v) is 9.87. The van der Waals surface area contributed by atoms with E-state index in [0.29, 0.717) is 19.7 Å². The van der Waals surface area contributed by atoms with Gasteiger partial charge in [0.05, 0.1) is 17.6 Å². The van der Waals surface area contributed by atoms with Crippen LogP contribution in [-0.4, -0.2) is 75.0 Å². The number of carbonyl (C=O) groups excluding carboxylic acids is 1. The molecule has 24 heavy (non-hydrogen) atoms. The van der Waals surface area contributed by atoms with Gasteiger partial charge in [0.1, 0.15) is 6.61 Å². The van der Waals surface area contributed by atoms with E-state index in [1.807, 2.05) is 49.3 Å². The van der Waals surface area contributed by atoms with Crippen LogP contribution in [0.1, 0.15) is 5.56 Å². The van der Waals surface area contributed by atoms with Crippen LogP contribution in [0.25, 0.3) is 0 Å². The van der Waals surface area contributed by atoms with Gasteiger partial charge in [-0.1, -0.05) is 30.3 Å². The first kappa shape index (κ1) is 17.4. The van der Waals surface area contributed by atoms with Crippen molar-refractivity contribution < 1.29 is 17.9 Å². The van der Waals surface area contributed by atoms with Gasteiger partial charge in [0.15, 0.2) is 9.84 Å². The van der Waals surface area contributed by atoms with Gasteiger partial charge in [-0.2, -0.15) is 0 Å². The fourth-order valence-corrected chi connectivity index (χ4v) is 6.17. The molecule has 2 aliphatic rings. The molecule has 1 aromatic rings. The monoisotopic (exact) mass is 352 g/mol. The summed E-state index contributed by atoms with van der Waals surface area (Å²) in [6.07, 6.45) is 0. The Hall–Kier alpha value is -1.44. The number of benzene rings is 1. The predicted molar refractivity (Wildman–Crippen MR) is 91.2 cm³/mol. The Morgan fingerprint density at radius 1 is 1.25 bits per heavy atom. The molecule has 7 heteroatoms. The molecule has 0 unspecified atom stereocenters. The first-order valence-electron chi connectivity index (χ1n) is 8.16. The maximum atomic E-state index is 12.3. The zero-order valence-electron chi connectivity index (χ0n) is 14.1. The van der Waals surface area contributed by atoms with Gasteiger partial charge in [0.25, 0.3) is 0 Å². The quantitative estimate of drug-likeness (QED) is 0.767. The molecule has 1 aromatic carbocycles. The van der Waals surface area contributed by atoms with Gasteiger partial charge < -0.3 is 14.5 Å². The van der Waals surface area contributed by atoms with Crippen molar-refractivity contribution in [3.05, 3.63) is 35.9 Å². The van der Waals surface area contributed by atoms with Crippen molar-refractivity contribution in [1.29, 1.82) is 0 Å². The van der Waals surface area contributed by atoms with Crippen LogP contribution in [-0.2, 0) is 26.0 Å². The number of rotatable bonds is 5. The molecule has 2 heterocycles. The van der Waals surface area contributed by atoms with Crippen molar-refractivity contribution >= 4 is 15.7 Å². The van der Waals surface area contributed by atoms with Crippen LogP contribution in [0, 0.1) is 5.92 Å². The lowest BCUT2D eigenvalue weighted by molar-refractivity contribution is -0.135. The molecular weight excluding hydrogens is 328 g/mol. The number of hydrogen-bond donors (Lipinski definition) is 0. The number of sulfone groups is 1. The second-order valence-electron chi connectivity index (χ2n) is 6.84. The molecule has 0 saturated carbocycles. The van der Waals surface area contributed by atoms with Gasteiger partial charge in [-0.15, -0.1) is 0 Å². The van der Waals surface area contributed by atoms with E-state index in [-0.39, 0.29) is 30.2 Å². The first-order chi connectivity index (χ1) is 11.4. The fraction of sp³-hybridized carbons (Fsp3) is 0.588. The van der Waals surface area contributed by atoms with Crippen LogP contribution in [0.15, 0.2) is 30.3 Å². The Morgan fingerprint density at radius 2 is 1.96 bits per heavy atom. The lowest BCUT2D eigenvalue weighted by atomic mass is 10.00. The third-order valence-corrected chi connectivity index (χ3v) is 7.25. The van der Waals surface area contributed by atoms with E-state index < -0.39 is 15.1 Å². The number of nitrogens with zero attached hydrogens (tertiary/aromatic N) is 2. The number of amides is 1. The Balaban J connectivity index is 1.56. The lowest BCUT2D eigenvalue weighted by Gasteiger charge is -2.25. The minimum absolute atomic E-state index is 0.00285. The lowest BCUT2D eigenvalue weighted by Crippen LogP contribution is -2.39. The summed E-state index contributed by atoms with van der Waals surface area (Å²) in [5.41, 5.74) is 1.01. The average molecular weight is 352 g/mol. The number of ether oxygens (including phenoxy) is 1. The summed E-state index contributed by atoms with van der Waals surface area (Å²) < 4.78 is 30.2. The Morgan fingerprint density at radius 3 is 2.62 bits per heavy atom. The fourth-order valence-electron chi connectivity index (χ4n) is 3.69. The second-order valence-corrected chi connectivity index (χ2v) is 9.10. The van der Waals surface area contributed by atoms with E-state index in [9.17, 15) is 13.2 Å². The molecule has 2 aliphatic heterocycles. The third-order valence-electron chi connectivity index (χ3n) is 5.02. The van der Waals surface area contributed by atoms with Crippen molar-refractivity contribution in [2.75, 3.05) is 39.5 Å². The maximum Gasteiger partial charge on any atom is 0.248 e. The maximum absolute atomic E-state index is 12.3. The number of carbonyl (C=O) groups is 1. The summed E-state index contributed by atoms with van der Waals surface area (Å²) in [5.74, 6) is 0.0677. The van der Waals surface area contributed by atoms with Crippen LogP contribution in [0.5, 0.6) is 0 Å². The minimum Gasteiger partial charge on any atom is -0.367 e. The van der Waals surface area contributed by atoms with E-state index in [1.54, 1.807) is 4.90 Å². The SMILES string of the molecule is CN(C)[C@H]1CS(=O)(=O)[C@H]2CN(C(=O)COCc3ccccc3)C[C@@H]12. The summed E-state index contributed by atoms with van der Waals surface area (Å²) in [7, 11) is 0.673. The topological polar surface area (TPSA) is 66.9 Å². The summed E-state index contributed by atoms with van der Waals surface area (Å²) in [4.78, 5) is 16.0. The summed E-state index contributed by atoms with van der Waals surface area (Å²) in [6, 6.07) is 9.66. The van der Waals surface area contributed by atoms with Gasteiger partial charge in [0.2, 0.25) is 5.91 Å². The van der Waals surface area contributed by atoms with Crippen molar-refractivity contribution in [3.8, 4) is 0 Å². The molecule has 1 amide bonds. The van der Waals surface area contributed by atoms with E-state index in [2.05, 4.69) is 0 Å². The molecule has 2 saturated heterocycles. The van der Waals surface area contributed by atoms with Crippen LogP contribution in [0.4, 0.5) is 0 Å². The molecule has 0 aliphatic carbocycles. The van der Waals surface area contributed by atoms with Gasteiger partial charge >= 0.3 is 0 Å². The average Bonchev–Trinajstić information content (AvgIpc) is 3.08. The third kappa shape index (κ3) is 3.48. The molecule has 6 nitrogen and oxygen atoms in total. The smallest absolute Gasteiger partial charge is 0.248 e. The van der Waals surface area contributed by atoms with Gasteiger partial charge in [-0.05, 0) is 19.7 Å². The summed E-state index contributed by atoms with van der Waals surface area (Å²) >= 11 is 0. The Kier molecular flexibility index (Phi) is 4.94. The standard InChI is InChI=1S/C17H24N2O4S/c1-18(2)15-12-24(21,22)16-9-19(8-14(15)16)17(20)11-23-10-13-6-4-3-5-7-13/h3-7,14-16H,8-12H2,1-2H3/t14-,15-,16-/m0/s1. The highest BCUT2D eigenvalue weighted by atomic mass is 32.2. The van der Waals surface area contributed by atoms with Gasteiger partial charge in [0, 0.05) is 25.0 Å². The van der Waals surface area contributed by atoms with E-state index in [4.69, 9.17) is 4.74 Å². The largest absolute Gasteiger partial charge is 0.367 e. The molecule has 3 rings (SSSR count). The highest BCUT2D eigenvalue weighted by Crippen LogP contribution is 2.35. The van der Waals surface area contributed by atoms with E-state index in [1.165, 1.54) is 0 Å². The zero-order valence-corrected chi connectivity index (χ0v) is 14.9. The number of fused-ring (bicyclic) bond motifs is 1. The van der Waals surface area contributed by atoms with Gasteiger partial charge in [-0.3, -0.25) is 4.79 Å². The van der Waals surface area contributed by atoms with Crippen molar-refractivity contribution in [1.82, 2.24) is 9.80 Å². The van der Waals surface area contributed by atoms with Crippen molar-refractivity contribution in [3.63, 3.8) is 0 Å². The second kappa shape index (κ2) is 6.82. The highest BCUT2D eigenvalue weighted by Gasteiger charge is 2.53. The molecule has 3 atom stereocenters. The molecule has 0 aromatic heterocycles. The van der Waals surface area contributed by atoms with Gasteiger partial charge in [-0.25, -0.2) is 8.42 Å². The Labute approximate surface area is 143 Å². The van der Waals surface area contributed by atoms with Crippen molar-refractivity contribution in [2.45, 2.75) is 17.9 Å². The summed E-state index contributed by atoms with van der Waals surface area (Å²) in [6.45, 7) is 1.16. The molecule has 132 valence electrons. The molecule has 2 fully saturated rings. The minimum atomic E-state index is -3.12. The Bertz CT molecular complexity index is 690. The molecular formula is C17H24N2O4S. The van der Waals surface area contributed by atoms with Crippen LogP contribution < -0.4 is 0 Å². The normalized spacial score (nSPS) is 28.3. The van der Waals surface area contributed by atoms with E-state index in [0.717, 1.165) is 5.56 Å². The van der Waals surface area contributed by atoms with Crippen LogP contribution in [0.2, 0.25) is 0 Å². The molecule has 0 radical (unpaired) electrons. The molecule has 0 N–H and O–H groups in total.